The topological polar surface area (TPSA) is 78.9 Å². The van der Waals surface area contributed by atoms with Gasteiger partial charge in [0.25, 0.3) is 5.91 Å². The molecule has 2 rings (SSSR count). The van der Waals surface area contributed by atoms with Crippen molar-refractivity contribution in [1.29, 1.82) is 0 Å². The molecule has 3 N–H and O–H groups in total. The zero-order valence-corrected chi connectivity index (χ0v) is 8.72. The molecular weight excluding hydrogens is 194 g/mol. The van der Waals surface area contributed by atoms with E-state index in [1.54, 1.807) is 14.1 Å². The molecule has 0 aromatic carbocycles. The molecule has 15 heavy (non-hydrogen) atoms. The summed E-state index contributed by atoms with van der Waals surface area (Å²) in [7, 11) is 3.49. The highest BCUT2D eigenvalue weighted by Crippen LogP contribution is 2.20. The van der Waals surface area contributed by atoms with Crippen LogP contribution in [0.3, 0.4) is 0 Å². The first-order valence-electron chi connectivity index (χ1n) is 4.81. The molecule has 6 heteroatoms. The Balaban J connectivity index is 2.57. The zero-order valence-electron chi connectivity index (χ0n) is 8.72. The molecule has 0 saturated heterocycles. The molecule has 0 atom stereocenters. The van der Waals surface area contributed by atoms with Gasteiger partial charge < -0.3 is 16.0 Å². The van der Waals surface area contributed by atoms with Crippen molar-refractivity contribution in [3.63, 3.8) is 0 Å². The smallest absolute Gasteiger partial charge is 0.256 e. The van der Waals surface area contributed by atoms with Gasteiger partial charge in [0.1, 0.15) is 11.4 Å². The maximum Gasteiger partial charge on any atom is 0.256 e. The van der Waals surface area contributed by atoms with E-state index >= 15 is 0 Å². The maximum absolute atomic E-state index is 11.6. The van der Waals surface area contributed by atoms with Gasteiger partial charge in [-0.1, -0.05) is 0 Å². The quantitative estimate of drug-likeness (QED) is 0.628. The third-order valence-electron chi connectivity index (χ3n) is 2.32. The fourth-order valence-corrected chi connectivity index (χ4v) is 1.60. The van der Waals surface area contributed by atoms with Crippen LogP contribution in [-0.4, -0.2) is 36.5 Å². The maximum atomic E-state index is 11.6. The van der Waals surface area contributed by atoms with Crippen LogP contribution >= 0.6 is 0 Å². The average molecular weight is 207 g/mol. The van der Waals surface area contributed by atoms with Crippen LogP contribution in [0.25, 0.3) is 0 Å². The van der Waals surface area contributed by atoms with Crippen LogP contribution < -0.4 is 16.0 Å². The lowest BCUT2D eigenvalue weighted by Gasteiger charge is -2.18. The van der Waals surface area contributed by atoms with Crippen molar-refractivity contribution < 1.29 is 4.79 Å². The summed E-state index contributed by atoms with van der Waals surface area (Å²) in [5.74, 6) is 0.998. The minimum atomic E-state index is -0.108. The second-order valence-electron chi connectivity index (χ2n) is 3.22. The van der Waals surface area contributed by atoms with Crippen molar-refractivity contribution in [2.45, 2.75) is 6.42 Å². The lowest BCUT2D eigenvalue weighted by atomic mass is 10.1. The van der Waals surface area contributed by atoms with Gasteiger partial charge in [-0.3, -0.25) is 4.79 Å². The van der Waals surface area contributed by atoms with Gasteiger partial charge in [0.15, 0.2) is 0 Å². The van der Waals surface area contributed by atoms with E-state index in [-0.39, 0.29) is 5.91 Å². The summed E-state index contributed by atoms with van der Waals surface area (Å²) in [6, 6.07) is 0. The van der Waals surface area contributed by atoms with E-state index < -0.39 is 0 Å². The van der Waals surface area contributed by atoms with Gasteiger partial charge in [-0.05, 0) is 0 Å². The largest absolute Gasteiger partial charge is 0.372 e. The van der Waals surface area contributed by atoms with Crippen molar-refractivity contribution in [2.24, 2.45) is 0 Å². The molecule has 0 bridgehead atoms. The second-order valence-corrected chi connectivity index (χ2v) is 3.22. The van der Waals surface area contributed by atoms with Crippen LogP contribution in [0.5, 0.6) is 0 Å². The van der Waals surface area contributed by atoms with Gasteiger partial charge in [0.05, 0.1) is 5.69 Å². The van der Waals surface area contributed by atoms with E-state index in [1.165, 1.54) is 0 Å². The third kappa shape index (κ3) is 1.58. The van der Waals surface area contributed by atoms with Crippen LogP contribution in [0.15, 0.2) is 0 Å². The molecule has 0 fully saturated rings. The highest BCUT2D eigenvalue weighted by atomic mass is 16.1. The lowest BCUT2D eigenvalue weighted by molar-refractivity contribution is 0.0945. The number of amides is 1. The molecule has 1 aromatic heterocycles. The van der Waals surface area contributed by atoms with Gasteiger partial charge in [-0.25, -0.2) is 4.98 Å². The number of carbonyl (C=O) groups excluding carboxylic acids is 1. The predicted molar refractivity (Wildman–Crippen MR) is 57.2 cm³/mol. The van der Waals surface area contributed by atoms with Crippen molar-refractivity contribution in [2.75, 3.05) is 31.3 Å². The van der Waals surface area contributed by atoms with Crippen LogP contribution in [-0.2, 0) is 6.42 Å². The van der Waals surface area contributed by atoms with E-state index in [2.05, 4.69) is 25.9 Å². The van der Waals surface area contributed by atoms with Gasteiger partial charge in [0, 0.05) is 27.1 Å². The molecule has 1 amide bonds. The standard InChI is InChI=1S/C9H13N5O/c1-10-7-6-5(3-4-12-8(6)15)13-9(11-2)14-7/h3-4H2,1-2H3,(H,12,15)(H2,10,11,13,14). The molecule has 1 aromatic rings. The third-order valence-corrected chi connectivity index (χ3v) is 2.32. The highest BCUT2D eigenvalue weighted by molar-refractivity contribution is 6.00. The van der Waals surface area contributed by atoms with Gasteiger partial charge in [-0.2, -0.15) is 4.98 Å². The molecule has 0 saturated carbocycles. The zero-order chi connectivity index (χ0) is 10.8. The SMILES string of the molecule is CNc1nc2c(c(NC)n1)C(=O)NCC2. The predicted octanol–water partition coefficient (Wildman–Crippen LogP) is -0.154. The van der Waals surface area contributed by atoms with E-state index in [9.17, 15) is 4.79 Å². The number of hydrogen-bond acceptors (Lipinski definition) is 5. The Bertz CT molecular complexity index is 386. The number of fused-ring (bicyclic) bond motifs is 1. The summed E-state index contributed by atoms with van der Waals surface area (Å²) in [5, 5.41) is 8.55. The molecule has 6 nitrogen and oxygen atoms in total. The molecule has 0 unspecified atom stereocenters. The average Bonchev–Trinajstić information content (AvgIpc) is 2.27. The van der Waals surface area contributed by atoms with Gasteiger partial charge >= 0.3 is 0 Å². The summed E-state index contributed by atoms with van der Waals surface area (Å²) < 4.78 is 0. The first-order chi connectivity index (χ1) is 7.26. The summed E-state index contributed by atoms with van der Waals surface area (Å²) in [5.41, 5.74) is 1.35. The summed E-state index contributed by atoms with van der Waals surface area (Å²) in [6.07, 6.45) is 0.743. The first-order valence-corrected chi connectivity index (χ1v) is 4.81. The van der Waals surface area contributed by atoms with Crippen molar-refractivity contribution >= 4 is 17.7 Å². The number of carbonyl (C=O) groups is 1. The summed E-state index contributed by atoms with van der Waals surface area (Å²) >= 11 is 0. The van der Waals surface area contributed by atoms with E-state index in [0.717, 1.165) is 12.1 Å². The van der Waals surface area contributed by atoms with Crippen molar-refractivity contribution in [3.8, 4) is 0 Å². The molecule has 0 aliphatic carbocycles. The van der Waals surface area contributed by atoms with Crippen molar-refractivity contribution in [3.05, 3.63) is 11.3 Å². The monoisotopic (exact) mass is 207 g/mol. The number of nitrogens with zero attached hydrogens (tertiary/aromatic N) is 2. The fraction of sp³-hybridized carbons (Fsp3) is 0.444. The Hall–Kier alpha value is -1.85. The molecule has 0 spiro atoms. The lowest BCUT2D eigenvalue weighted by Crippen LogP contribution is -2.33. The molecule has 1 aliphatic heterocycles. The number of rotatable bonds is 2. The fourth-order valence-electron chi connectivity index (χ4n) is 1.60. The second kappa shape index (κ2) is 3.72. The summed E-state index contributed by atoms with van der Waals surface area (Å²) in [6.45, 7) is 0.634. The van der Waals surface area contributed by atoms with Crippen LogP contribution in [0.4, 0.5) is 11.8 Å². The van der Waals surface area contributed by atoms with Crippen LogP contribution in [0.2, 0.25) is 0 Å². The molecule has 0 radical (unpaired) electrons. The first kappa shape index (κ1) is 9.70. The van der Waals surface area contributed by atoms with E-state index in [4.69, 9.17) is 0 Å². The Labute approximate surface area is 87.5 Å². The summed E-state index contributed by atoms with van der Waals surface area (Å²) in [4.78, 5) is 20.1. The molecular formula is C9H13N5O. The number of anilines is 2. The number of hydrogen-bond donors (Lipinski definition) is 3. The normalized spacial score (nSPS) is 14.1. The van der Waals surface area contributed by atoms with Crippen LogP contribution in [0, 0.1) is 0 Å². The molecule has 80 valence electrons. The Morgan fingerprint density at radius 2 is 2.07 bits per heavy atom. The Kier molecular flexibility index (Phi) is 2.40. The minimum Gasteiger partial charge on any atom is -0.372 e. The number of nitrogens with one attached hydrogen (secondary N) is 3. The molecule has 1 aliphatic rings. The Morgan fingerprint density at radius 1 is 1.27 bits per heavy atom. The van der Waals surface area contributed by atoms with Crippen molar-refractivity contribution in [1.82, 2.24) is 15.3 Å². The van der Waals surface area contributed by atoms with Crippen LogP contribution in [0.1, 0.15) is 16.1 Å². The van der Waals surface area contributed by atoms with Gasteiger partial charge in [0.2, 0.25) is 5.95 Å². The Morgan fingerprint density at radius 3 is 2.73 bits per heavy atom. The molecule has 2 heterocycles. The number of aromatic nitrogens is 2. The highest BCUT2D eigenvalue weighted by Gasteiger charge is 2.23. The minimum absolute atomic E-state index is 0.108. The van der Waals surface area contributed by atoms with E-state index in [0.29, 0.717) is 23.9 Å². The van der Waals surface area contributed by atoms with E-state index in [1.807, 2.05) is 0 Å². The van der Waals surface area contributed by atoms with Gasteiger partial charge in [-0.15, -0.1) is 0 Å².